The molecule has 1 aromatic carbocycles. The van der Waals surface area contributed by atoms with E-state index in [9.17, 15) is 4.79 Å². The monoisotopic (exact) mass is 372 g/mol. The van der Waals surface area contributed by atoms with E-state index in [4.69, 9.17) is 11.6 Å². The van der Waals surface area contributed by atoms with Crippen molar-refractivity contribution in [1.82, 2.24) is 15.3 Å². The fraction of sp³-hybridized carbons (Fsp3) is 0.278. The van der Waals surface area contributed by atoms with Crippen LogP contribution in [0, 0.1) is 0 Å². The molecule has 2 N–H and O–H groups in total. The summed E-state index contributed by atoms with van der Waals surface area (Å²) in [6.45, 7) is 0.746. The minimum absolute atomic E-state index is 0.0405. The summed E-state index contributed by atoms with van der Waals surface area (Å²) >= 11 is 7.59. The van der Waals surface area contributed by atoms with Crippen molar-refractivity contribution in [1.29, 1.82) is 0 Å². The maximum absolute atomic E-state index is 12.2. The number of amides is 1. The second-order valence-corrected chi connectivity index (χ2v) is 7.53. The van der Waals surface area contributed by atoms with Crippen LogP contribution in [0.25, 0.3) is 20.7 Å². The first-order valence-corrected chi connectivity index (χ1v) is 9.45. The molecule has 3 aromatic rings. The SMILES string of the molecule is O=C1NCCCC[C@H]1Nc1ncnc2cc(-c3ccc(Cl)cc3)sc12. The first-order valence-electron chi connectivity index (χ1n) is 8.25. The first-order chi connectivity index (χ1) is 12.2. The molecule has 0 saturated carbocycles. The zero-order valence-electron chi connectivity index (χ0n) is 13.5. The molecule has 5 nitrogen and oxygen atoms in total. The van der Waals surface area contributed by atoms with E-state index in [0.29, 0.717) is 5.02 Å². The number of hydrogen-bond donors (Lipinski definition) is 2. The van der Waals surface area contributed by atoms with Crippen molar-refractivity contribution >= 4 is 44.9 Å². The van der Waals surface area contributed by atoms with Gasteiger partial charge in [0.05, 0.1) is 10.2 Å². The Morgan fingerprint density at radius 1 is 1.20 bits per heavy atom. The number of nitrogens with one attached hydrogen (secondary N) is 2. The van der Waals surface area contributed by atoms with Crippen LogP contribution in [0.15, 0.2) is 36.7 Å². The molecule has 25 heavy (non-hydrogen) atoms. The molecule has 1 saturated heterocycles. The van der Waals surface area contributed by atoms with Crippen molar-refractivity contribution in [3.63, 3.8) is 0 Å². The Hall–Kier alpha value is -2.18. The van der Waals surface area contributed by atoms with E-state index in [2.05, 4.69) is 20.6 Å². The summed E-state index contributed by atoms with van der Waals surface area (Å²) in [6.07, 6.45) is 4.39. The number of aromatic nitrogens is 2. The second-order valence-electron chi connectivity index (χ2n) is 6.04. The van der Waals surface area contributed by atoms with Crippen LogP contribution >= 0.6 is 22.9 Å². The topological polar surface area (TPSA) is 66.9 Å². The number of fused-ring (bicyclic) bond motifs is 1. The lowest BCUT2D eigenvalue weighted by molar-refractivity contribution is -0.121. The van der Waals surface area contributed by atoms with E-state index < -0.39 is 0 Å². The molecular weight excluding hydrogens is 356 g/mol. The number of halogens is 1. The molecule has 0 spiro atoms. The van der Waals surface area contributed by atoms with Crippen molar-refractivity contribution in [2.24, 2.45) is 0 Å². The molecule has 0 aliphatic carbocycles. The van der Waals surface area contributed by atoms with Gasteiger partial charge in [0.1, 0.15) is 18.2 Å². The van der Waals surface area contributed by atoms with Gasteiger partial charge in [-0.1, -0.05) is 23.7 Å². The van der Waals surface area contributed by atoms with E-state index >= 15 is 0 Å². The van der Waals surface area contributed by atoms with Crippen molar-refractivity contribution in [2.45, 2.75) is 25.3 Å². The molecule has 128 valence electrons. The van der Waals surface area contributed by atoms with Crippen LogP contribution in [-0.2, 0) is 4.79 Å². The highest BCUT2D eigenvalue weighted by Crippen LogP contribution is 2.36. The molecule has 0 radical (unpaired) electrons. The third kappa shape index (κ3) is 3.45. The van der Waals surface area contributed by atoms with Gasteiger partial charge in [0.15, 0.2) is 0 Å². The number of thiophene rings is 1. The molecule has 0 bridgehead atoms. The van der Waals surface area contributed by atoms with Gasteiger partial charge < -0.3 is 10.6 Å². The van der Waals surface area contributed by atoms with Crippen LogP contribution in [0.1, 0.15) is 19.3 Å². The molecule has 1 aliphatic rings. The van der Waals surface area contributed by atoms with E-state index in [1.165, 1.54) is 6.33 Å². The molecule has 0 unspecified atom stereocenters. The maximum atomic E-state index is 12.2. The van der Waals surface area contributed by atoms with Crippen molar-refractivity contribution < 1.29 is 4.79 Å². The molecule has 4 rings (SSSR count). The third-order valence-corrected chi connectivity index (χ3v) is 5.72. The number of benzene rings is 1. The summed E-state index contributed by atoms with van der Waals surface area (Å²) in [5.41, 5.74) is 1.96. The normalized spacial score (nSPS) is 18.0. The molecule has 1 amide bonds. The quantitative estimate of drug-likeness (QED) is 0.726. The minimum atomic E-state index is -0.248. The summed E-state index contributed by atoms with van der Waals surface area (Å²) in [5.74, 6) is 0.760. The molecule has 1 atom stereocenters. The Morgan fingerprint density at radius 3 is 2.88 bits per heavy atom. The smallest absolute Gasteiger partial charge is 0.242 e. The number of carbonyl (C=O) groups is 1. The second kappa shape index (κ2) is 6.98. The van der Waals surface area contributed by atoms with Crippen LogP contribution < -0.4 is 10.6 Å². The third-order valence-electron chi connectivity index (χ3n) is 4.29. The summed E-state index contributed by atoms with van der Waals surface area (Å²) in [7, 11) is 0. The number of hydrogen-bond acceptors (Lipinski definition) is 5. The van der Waals surface area contributed by atoms with Crippen LogP contribution in [0.3, 0.4) is 0 Å². The van der Waals surface area contributed by atoms with Crippen LogP contribution in [0.4, 0.5) is 5.82 Å². The summed E-state index contributed by atoms with van der Waals surface area (Å²) in [5, 5.41) is 6.97. The predicted octanol–water partition coefficient (Wildman–Crippen LogP) is 4.09. The maximum Gasteiger partial charge on any atom is 0.242 e. The van der Waals surface area contributed by atoms with Crippen LogP contribution in [0.5, 0.6) is 0 Å². The number of anilines is 1. The summed E-state index contributed by atoms with van der Waals surface area (Å²) in [4.78, 5) is 22.0. The lowest BCUT2D eigenvalue weighted by Gasteiger charge is -2.15. The number of carbonyl (C=O) groups excluding carboxylic acids is 1. The van der Waals surface area contributed by atoms with Gasteiger partial charge in [-0.3, -0.25) is 4.79 Å². The zero-order chi connectivity index (χ0) is 17.2. The predicted molar refractivity (Wildman–Crippen MR) is 102 cm³/mol. The van der Waals surface area contributed by atoms with Crippen molar-refractivity contribution in [3.05, 3.63) is 41.7 Å². The van der Waals surface area contributed by atoms with Crippen molar-refractivity contribution in [3.8, 4) is 10.4 Å². The molecular formula is C18H17ClN4OS. The summed E-state index contributed by atoms with van der Waals surface area (Å²) in [6, 6.07) is 9.54. The lowest BCUT2D eigenvalue weighted by Crippen LogP contribution is -2.38. The Labute approximate surface area is 154 Å². The van der Waals surface area contributed by atoms with Gasteiger partial charge in [0.2, 0.25) is 5.91 Å². The largest absolute Gasteiger partial charge is 0.357 e. The van der Waals surface area contributed by atoms with E-state index in [0.717, 1.165) is 52.3 Å². The standard InChI is InChI=1S/C18H17ClN4OS/c19-12-6-4-11(5-7-12)15-9-14-16(25-15)17(22-10-21-14)23-13-3-1-2-8-20-18(13)24/h4-7,9-10,13H,1-3,8H2,(H,20,24)(H,21,22,23)/t13-/m1/s1. The highest BCUT2D eigenvalue weighted by atomic mass is 35.5. The average Bonchev–Trinajstić information content (AvgIpc) is 2.96. The lowest BCUT2D eigenvalue weighted by atomic mass is 10.1. The van der Waals surface area contributed by atoms with Gasteiger partial charge in [0.25, 0.3) is 0 Å². The molecule has 1 aliphatic heterocycles. The van der Waals surface area contributed by atoms with Crippen molar-refractivity contribution in [2.75, 3.05) is 11.9 Å². The van der Waals surface area contributed by atoms with E-state index in [1.54, 1.807) is 11.3 Å². The molecule has 7 heteroatoms. The average molecular weight is 373 g/mol. The van der Waals surface area contributed by atoms with E-state index in [1.807, 2.05) is 30.3 Å². The van der Waals surface area contributed by atoms with Gasteiger partial charge in [0, 0.05) is 16.4 Å². The van der Waals surface area contributed by atoms with Gasteiger partial charge in [-0.05, 0) is 43.0 Å². The fourth-order valence-electron chi connectivity index (χ4n) is 2.96. The Bertz CT molecular complexity index is 909. The number of nitrogens with zero attached hydrogens (tertiary/aromatic N) is 2. The Balaban J connectivity index is 1.67. The van der Waals surface area contributed by atoms with Gasteiger partial charge in [-0.15, -0.1) is 11.3 Å². The highest BCUT2D eigenvalue weighted by Gasteiger charge is 2.22. The minimum Gasteiger partial charge on any atom is -0.357 e. The Morgan fingerprint density at radius 2 is 2.04 bits per heavy atom. The fourth-order valence-corrected chi connectivity index (χ4v) is 4.15. The summed E-state index contributed by atoms with van der Waals surface area (Å²) < 4.78 is 0.962. The Kier molecular flexibility index (Phi) is 4.55. The van der Waals surface area contributed by atoms with Crippen LogP contribution in [0.2, 0.25) is 5.02 Å². The molecule has 2 aromatic heterocycles. The van der Waals surface area contributed by atoms with Gasteiger partial charge in [-0.25, -0.2) is 9.97 Å². The van der Waals surface area contributed by atoms with Gasteiger partial charge in [-0.2, -0.15) is 0 Å². The van der Waals surface area contributed by atoms with E-state index in [-0.39, 0.29) is 11.9 Å². The first kappa shape index (κ1) is 16.3. The zero-order valence-corrected chi connectivity index (χ0v) is 15.0. The molecule has 3 heterocycles. The van der Waals surface area contributed by atoms with Gasteiger partial charge >= 0.3 is 0 Å². The number of rotatable bonds is 3. The molecule has 1 fully saturated rings. The van der Waals surface area contributed by atoms with Crippen LogP contribution in [-0.4, -0.2) is 28.5 Å². The highest BCUT2D eigenvalue weighted by molar-refractivity contribution is 7.22.